The van der Waals surface area contributed by atoms with E-state index in [0.29, 0.717) is 6.04 Å². The van der Waals surface area contributed by atoms with E-state index < -0.39 is 36.4 Å². The summed E-state index contributed by atoms with van der Waals surface area (Å²) in [6, 6.07) is 0.648. The third-order valence-corrected chi connectivity index (χ3v) is 6.25. The molecule has 1 saturated carbocycles. The van der Waals surface area contributed by atoms with Crippen LogP contribution in [0.2, 0.25) is 0 Å². The number of carboxylic acid groups (broad SMARTS) is 3. The van der Waals surface area contributed by atoms with Crippen LogP contribution >= 0.6 is 0 Å². The van der Waals surface area contributed by atoms with E-state index in [-0.39, 0.29) is 0 Å². The molecule has 11 heteroatoms. The summed E-state index contributed by atoms with van der Waals surface area (Å²) in [5.41, 5.74) is -0.0985. The van der Waals surface area contributed by atoms with Gasteiger partial charge in [-0.25, -0.2) is 4.79 Å². The SMILES string of the molecule is C=C(C)CN1CCN(Cc2cnn(C3CCCCC3)c2)CC1.O=C(O)CC(O)(CC(=O)O)C(=O)O. The molecule has 1 aliphatic heterocycles. The number of hydrogen-bond donors (Lipinski definition) is 4. The number of hydrogen-bond acceptors (Lipinski definition) is 7. The lowest BCUT2D eigenvalue weighted by Crippen LogP contribution is -2.46. The molecular weight excluding hydrogens is 456 g/mol. The Morgan fingerprint density at radius 1 is 1.00 bits per heavy atom. The van der Waals surface area contributed by atoms with E-state index in [9.17, 15) is 14.4 Å². The molecule has 11 nitrogen and oxygen atoms in total. The first-order valence-electron chi connectivity index (χ1n) is 12.0. The second-order valence-electron chi connectivity index (χ2n) is 9.61. The molecule has 2 aliphatic rings. The van der Waals surface area contributed by atoms with E-state index in [1.807, 2.05) is 0 Å². The lowest BCUT2D eigenvalue weighted by atomic mass is 9.96. The molecule has 35 heavy (non-hydrogen) atoms. The summed E-state index contributed by atoms with van der Waals surface area (Å²) < 4.78 is 2.23. The Morgan fingerprint density at radius 3 is 2.03 bits per heavy atom. The normalized spacial score (nSPS) is 17.9. The molecule has 0 bridgehead atoms. The number of nitrogens with zero attached hydrogens (tertiary/aromatic N) is 4. The maximum absolute atomic E-state index is 10.3. The van der Waals surface area contributed by atoms with Crippen LogP contribution in [0, 0.1) is 0 Å². The molecule has 0 unspecified atom stereocenters. The van der Waals surface area contributed by atoms with Crippen molar-refractivity contribution in [1.29, 1.82) is 0 Å². The zero-order valence-corrected chi connectivity index (χ0v) is 20.4. The monoisotopic (exact) mass is 494 g/mol. The maximum Gasteiger partial charge on any atom is 0.336 e. The Hall–Kier alpha value is -2.76. The fourth-order valence-corrected chi connectivity index (χ4v) is 4.46. The van der Waals surface area contributed by atoms with Crippen molar-refractivity contribution in [2.24, 2.45) is 0 Å². The summed E-state index contributed by atoms with van der Waals surface area (Å²) in [5.74, 6) is -5.02. The van der Waals surface area contributed by atoms with Crippen molar-refractivity contribution in [1.82, 2.24) is 19.6 Å². The van der Waals surface area contributed by atoms with Crippen LogP contribution in [-0.2, 0) is 20.9 Å². The third-order valence-electron chi connectivity index (χ3n) is 6.25. The third kappa shape index (κ3) is 9.79. The van der Waals surface area contributed by atoms with Gasteiger partial charge in [-0.05, 0) is 19.8 Å². The average Bonchev–Trinajstić information content (AvgIpc) is 3.23. The molecule has 1 aromatic heterocycles. The van der Waals surface area contributed by atoms with Crippen molar-refractivity contribution < 1.29 is 34.8 Å². The van der Waals surface area contributed by atoms with E-state index in [2.05, 4.69) is 45.5 Å². The van der Waals surface area contributed by atoms with Gasteiger partial charge in [-0.15, -0.1) is 0 Å². The number of rotatable bonds is 10. The van der Waals surface area contributed by atoms with Gasteiger partial charge in [-0.2, -0.15) is 5.10 Å². The molecular formula is C24H38N4O7. The molecule has 1 aliphatic carbocycles. The van der Waals surface area contributed by atoms with Crippen LogP contribution in [0.3, 0.4) is 0 Å². The average molecular weight is 495 g/mol. The van der Waals surface area contributed by atoms with Crippen LogP contribution in [-0.4, -0.2) is 96.2 Å². The van der Waals surface area contributed by atoms with E-state index in [1.54, 1.807) is 0 Å². The highest BCUT2D eigenvalue weighted by atomic mass is 16.4. The Balaban J connectivity index is 0.000000287. The van der Waals surface area contributed by atoms with Gasteiger partial charge in [0.2, 0.25) is 0 Å². The molecule has 3 rings (SSSR count). The fraction of sp³-hybridized carbons (Fsp3) is 0.667. The van der Waals surface area contributed by atoms with Gasteiger partial charge in [0, 0.05) is 51.0 Å². The van der Waals surface area contributed by atoms with Gasteiger partial charge in [0.1, 0.15) is 0 Å². The largest absolute Gasteiger partial charge is 0.481 e. The van der Waals surface area contributed by atoms with Gasteiger partial charge in [0.05, 0.1) is 25.1 Å². The first-order chi connectivity index (χ1) is 16.5. The minimum atomic E-state index is -2.74. The van der Waals surface area contributed by atoms with Crippen molar-refractivity contribution in [3.05, 3.63) is 30.1 Å². The molecule has 2 heterocycles. The summed E-state index contributed by atoms with van der Waals surface area (Å²) in [7, 11) is 0. The summed E-state index contributed by atoms with van der Waals surface area (Å²) in [5, 5.41) is 38.4. The molecule has 196 valence electrons. The number of aliphatic carboxylic acids is 3. The van der Waals surface area contributed by atoms with Gasteiger partial charge < -0.3 is 20.4 Å². The van der Waals surface area contributed by atoms with Crippen LogP contribution in [0.15, 0.2) is 24.5 Å². The summed E-state index contributed by atoms with van der Waals surface area (Å²) in [6.07, 6.45) is 8.82. The molecule has 0 atom stereocenters. The number of piperazine rings is 1. The number of carbonyl (C=O) groups is 3. The Labute approximate surface area is 205 Å². The van der Waals surface area contributed by atoms with Crippen molar-refractivity contribution in [2.45, 2.75) is 70.1 Å². The first-order valence-corrected chi connectivity index (χ1v) is 12.0. The van der Waals surface area contributed by atoms with Gasteiger partial charge in [0.25, 0.3) is 0 Å². The van der Waals surface area contributed by atoms with E-state index in [0.717, 1.165) is 39.3 Å². The van der Waals surface area contributed by atoms with Gasteiger partial charge in [0.15, 0.2) is 5.60 Å². The molecule has 1 saturated heterocycles. The molecule has 0 amide bonds. The Bertz CT molecular complexity index is 855. The van der Waals surface area contributed by atoms with Gasteiger partial charge in [-0.3, -0.25) is 24.1 Å². The first kappa shape index (κ1) is 28.5. The topological polar surface area (TPSA) is 156 Å². The summed E-state index contributed by atoms with van der Waals surface area (Å²) >= 11 is 0. The highest BCUT2D eigenvalue weighted by Gasteiger charge is 2.40. The van der Waals surface area contributed by atoms with Crippen molar-refractivity contribution in [3.8, 4) is 0 Å². The van der Waals surface area contributed by atoms with Crippen molar-refractivity contribution >= 4 is 17.9 Å². The smallest absolute Gasteiger partial charge is 0.336 e. The maximum atomic E-state index is 10.3. The Morgan fingerprint density at radius 2 is 1.54 bits per heavy atom. The fourth-order valence-electron chi connectivity index (χ4n) is 4.46. The highest BCUT2D eigenvalue weighted by molar-refractivity contribution is 5.88. The minimum absolute atomic E-state index is 0.648. The van der Waals surface area contributed by atoms with Crippen molar-refractivity contribution in [2.75, 3.05) is 32.7 Å². The zero-order chi connectivity index (χ0) is 26.0. The molecule has 0 aromatic carbocycles. The van der Waals surface area contributed by atoms with E-state index in [1.165, 1.54) is 43.2 Å². The lowest BCUT2D eigenvalue weighted by molar-refractivity contribution is -0.170. The van der Waals surface area contributed by atoms with Crippen LogP contribution in [0.5, 0.6) is 0 Å². The second-order valence-corrected chi connectivity index (χ2v) is 9.61. The molecule has 0 radical (unpaired) electrons. The number of carboxylic acids is 3. The highest BCUT2D eigenvalue weighted by Crippen LogP contribution is 2.27. The standard InChI is InChI=1S/C18H30N4.C6H8O7/c1-16(2)13-20-8-10-21(11-9-20)14-17-12-19-22(15-17)18-6-4-3-5-7-18;7-3(8)1-6(13,5(11)12)2-4(9)10/h12,15,18H,1,3-11,13-14H2,2H3;13H,1-2H2,(H,7,8)(H,9,10)(H,11,12). The predicted octanol–water partition coefficient (Wildman–Crippen LogP) is 1.83. The summed E-state index contributed by atoms with van der Waals surface area (Å²) in [6.45, 7) is 12.9. The zero-order valence-electron chi connectivity index (χ0n) is 20.4. The van der Waals surface area contributed by atoms with Crippen LogP contribution in [0.1, 0.15) is 63.5 Å². The predicted molar refractivity (Wildman–Crippen MR) is 128 cm³/mol. The Kier molecular flexibility index (Phi) is 10.9. The molecule has 1 aromatic rings. The number of aliphatic hydroxyl groups is 1. The van der Waals surface area contributed by atoms with E-state index in [4.69, 9.17) is 20.4 Å². The second kappa shape index (κ2) is 13.4. The quantitative estimate of drug-likeness (QED) is 0.354. The summed E-state index contributed by atoms with van der Waals surface area (Å²) in [4.78, 5) is 35.5. The molecule has 2 fully saturated rings. The lowest BCUT2D eigenvalue weighted by Gasteiger charge is -2.34. The molecule has 0 spiro atoms. The molecule has 4 N–H and O–H groups in total. The van der Waals surface area contributed by atoms with Gasteiger partial charge >= 0.3 is 17.9 Å². The van der Waals surface area contributed by atoms with Crippen LogP contribution < -0.4 is 0 Å². The van der Waals surface area contributed by atoms with E-state index >= 15 is 0 Å². The number of aromatic nitrogens is 2. The van der Waals surface area contributed by atoms with Crippen molar-refractivity contribution in [3.63, 3.8) is 0 Å². The van der Waals surface area contributed by atoms with Crippen LogP contribution in [0.25, 0.3) is 0 Å². The van der Waals surface area contributed by atoms with Crippen LogP contribution in [0.4, 0.5) is 0 Å². The van der Waals surface area contributed by atoms with Gasteiger partial charge in [-0.1, -0.05) is 31.4 Å². The minimum Gasteiger partial charge on any atom is -0.481 e.